The number of alkyl halides is 1. The van der Waals surface area contributed by atoms with Gasteiger partial charge >= 0.3 is 12.1 Å². The van der Waals surface area contributed by atoms with Gasteiger partial charge < -0.3 is 34.5 Å². The molecule has 11 nitrogen and oxygen atoms in total. The van der Waals surface area contributed by atoms with Crippen LogP contribution >= 0.6 is 0 Å². The van der Waals surface area contributed by atoms with Gasteiger partial charge in [0.2, 0.25) is 17.6 Å². The molecule has 1 aromatic heterocycles. The monoisotopic (exact) mass is 651 g/mol. The number of carboxylic acids is 1. The van der Waals surface area contributed by atoms with E-state index < -0.39 is 36.4 Å². The second-order valence-electron chi connectivity index (χ2n) is 13.3. The van der Waals surface area contributed by atoms with E-state index in [1.165, 1.54) is 6.07 Å². The number of furan rings is 1. The van der Waals surface area contributed by atoms with Crippen LogP contribution in [0.5, 0.6) is 5.75 Å². The number of hydrogen-bond acceptors (Lipinski definition) is 7. The Labute approximate surface area is 272 Å². The first kappa shape index (κ1) is 33.7. The lowest BCUT2D eigenvalue weighted by Gasteiger charge is -2.36. The lowest BCUT2D eigenvalue weighted by Crippen LogP contribution is -2.49. The summed E-state index contributed by atoms with van der Waals surface area (Å²) < 4.78 is 30.0. The molecule has 12 heteroatoms. The Balaban J connectivity index is 1.31. The number of carboxylic acid groups (broad SMARTS) is 1. The van der Waals surface area contributed by atoms with Gasteiger partial charge in [-0.15, -0.1) is 0 Å². The minimum atomic E-state index is -1.19. The summed E-state index contributed by atoms with van der Waals surface area (Å²) in [6.45, 7) is 4.89. The van der Waals surface area contributed by atoms with Crippen LogP contribution in [-0.4, -0.2) is 71.9 Å². The van der Waals surface area contributed by atoms with Crippen molar-refractivity contribution in [1.82, 2.24) is 10.2 Å². The maximum Gasteiger partial charge on any atom is 0.407 e. The molecule has 1 unspecified atom stereocenters. The molecule has 2 aliphatic rings. The molecule has 2 aromatic carbocycles. The summed E-state index contributed by atoms with van der Waals surface area (Å²) in [4.78, 5) is 53.4. The molecule has 2 heterocycles. The van der Waals surface area contributed by atoms with Gasteiger partial charge in [-0.3, -0.25) is 9.59 Å². The smallest absolute Gasteiger partial charge is 0.407 e. The van der Waals surface area contributed by atoms with Crippen LogP contribution in [0.3, 0.4) is 0 Å². The molecular weight excluding hydrogens is 609 g/mol. The van der Waals surface area contributed by atoms with Crippen LogP contribution < -0.4 is 15.4 Å². The normalized spacial score (nSPS) is 22.0. The van der Waals surface area contributed by atoms with Crippen LogP contribution in [-0.2, 0) is 14.3 Å². The fourth-order valence-electron chi connectivity index (χ4n) is 6.75. The van der Waals surface area contributed by atoms with Crippen molar-refractivity contribution in [3.63, 3.8) is 0 Å². The van der Waals surface area contributed by atoms with Gasteiger partial charge in [-0.05, 0) is 101 Å². The second kappa shape index (κ2) is 14.0. The van der Waals surface area contributed by atoms with Gasteiger partial charge in [-0.25, -0.2) is 14.0 Å². The molecule has 0 spiro atoms. The number of amides is 3. The molecule has 3 amide bonds. The number of carbonyl (C=O) groups is 4. The number of methoxy groups -OCH3 is 1. The van der Waals surface area contributed by atoms with Crippen LogP contribution in [0.15, 0.2) is 52.9 Å². The van der Waals surface area contributed by atoms with Crippen LogP contribution in [0.4, 0.5) is 14.9 Å². The summed E-state index contributed by atoms with van der Waals surface area (Å²) in [5.74, 6) is -1.94. The fourth-order valence-corrected chi connectivity index (χ4v) is 6.75. The maximum absolute atomic E-state index is 14.1. The van der Waals surface area contributed by atoms with E-state index in [9.17, 15) is 28.7 Å². The number of rotatable bonds is 9. The first-order chi connectivity index (χ1) is 22.4. The summed E-state index contributed by atoms with van der Waals surface area (Å²) in [5, 5.41) is 15.4. The molecule has 3 aromatic rings. The quantitative estimate of drug-likeness (QED) is 0.250. The van der Waals surface area contributed by atoms with E-state index in [1.54, 1.807) is 51.0 Å². The van der Waals surface area contributed by atoms with Gasteiger partial charge in [0, 0.05) is 29.5 Å². The lowest BCUT2D eigenvalue weighted by molar-refractivity contribution is -0.141. The van der Waals surface area contributed by atoms with Gasteiger partial charge in [0.15, 0.2) is 0 Å². The third-order valence-corrected chi connectivity index (χ3v) is 9.05. The Bertz CT molecular complexity index is 1610. The van der Waals surface area contributed by atoms with Gasteiger partial charge in [-0.2, -0.15) is 0 Å². The zero-order valence-electron chi connectivity index (χ0n) is 27.1. The maximum atomic E-state index is 14.1. The van der Waals surface area contributed by atoms with E-state index in [0.29, 0.717) is 61.1 Å². The summed E-state index contributed by atoms with van der Waals surface area (Å²) in [5.41, 5.74) is 1.03. The number of nitrogens with zero attached hydrogens (tertiary/aromatic N) is 1. The van der Waals surface area contributed by atoms with Crippen LogP contribution in [0.25, 0.3) is 11.0 Å². The highest BCUT2D eigenvalue weighted by atomic mass is 19.1. The highest BCUT2D eigenvalue weighted by molar-refractivity contribution is 6.00. The van der Waals surface area contributed by atoms with E-state index >= 15 is 0 Å². The molecule has 5 rings (SSSR count). The largest absolute Gasteiger partial charge is 0.497 e. The molecule has 0 bridgehead atoms. The summed E-state index contributed by atoms with van der Waals surface area (Å²) >= 11 is 0. The van der Waals surface area contributed by atoms with E-state index in [-0.39, 0.29) is 35.3 Å². The molecule has 252 valence electrons. The highest BCUT2D eigenvalue weighted by Crippen LogP contribution is 2.39. The van der Waals surface area contributed by atoms with Gasteiger partial charge in [0.1, 0.15) is 29.7 Å². The van der Waals surface area contributed by atoms with Crippen molar-refractivity contribution >= 4 is 40.5 Å². The minimum Gasteiger partial charge on any atom is -0.497 e. The Morgan fingerprint density at radius 3 is 2.34 bits per heavy atom. The second-order valence-corrected chi connectivity index (χ2v) is 13.3. The zero-order chi connectivity index (χ0) is 33.9. The van der Waals surface area contributed by atoms with Crippen LogP contribution in [0.1, 0.15) is 74.9 Å². The standard InChI is InChI=1S/C35H42FN3O8/c1-35(2,3)47-34(44)38-27(19-36)21-5-7-22(8-6-21)32(41)39-16-15-26(20-9-12-25(45-4)13-10-20)30(39)31(40)37-24-11-14-28-23(17-24)18-29(46-28)33(42)43/h9-14,17-18,21-22,26-27,30H,5-8,15-16,19H2,1-4H3,(H,37,40)(H,38,44)(H,42,43)/t21-,22-,26-,27?,30-/m0/s1. The highest BCUT2D eigenvalue weighted by Gasteiger charge is 2.45. The molecule has 1 aliphatic carbocycles. The summed E-state index contributed by atoms with van der Waals surface area (Å²) in [6, 6.07) is 12.2. The molecule has 47 heavy (non-hydrogen) atoms. The number of alkyl carbamates (subject to hydrolysis) is 1. The van der Waals surface area contributed by atoms with Crippen molar-refractivity contribution in [2.45, 2.75) is 76.5 Å². The van der Waals surface area contributed by atoms with Crippen molar-refractivity contribution in [3.8, 4) is 5.75 Å². The minimum absolute atomic E-state index is 0.118. The molecule has 3 N–H and O–H groups in total. The number of benzene rings is 2. The topological polar surface area (TPSA) is 147 Å². The Hall–Kier alpha value is -4.61. The number of ether oxygens (including phenoxy) is 2. The van der Waals surface area contributed by atoms with Crippen molar-refractivity contribution in [1.29, 1.82) is 0 Å². The third-order valence-electron chi connectivity index (χ3n) is 9.05. The van der Waals surface area contributed by atoms with E-state index in [1.807, 2.05) is 24.3 Å². The van der Waals surface area contributed by atoms with Gasteiger partial charge in [-0.1, -0.05) is 12.1 Å². The molecule has 2 fully saturated rings. The van der Waals surface area contributed by atoms with E-state index in [0.717, 1.165) is 5.56 Å². The molecule has 1 aliphatic heterocycles. The number of carbonyl (C=O) groups excluding carboxylic acids is 3. The summed E-state index contributed by atoms with van der Waals surface area (Å²) in [6.07, 6.45) is 2.04. The first-order valence-corrected chi connectivity index (χ1v) is 15.9. The number of anilines is 1. The van der Waals surface area contributed by atoms with Crippen molar-refractivity contribution < 1.29 is 42.6 Å². The number of aromatic carboxylic acids is 1. The van der Waals surface area contributed by atoms with Crippen molar-refractivity contribution in [2.75, 3.05) is 25.6 Å². The molecule has 1 saturated heterocycles. The number of nitrogens with one attached hydrogen (secondary N) is 2. The average molecular weight is 652 g/mol. The van der Waals surface area contributed by atoms with Crippen LogP contribution in [0, 0.1) is 11.8 Å². The van der Waals surface area contributed by atoms with Gasteiger partial charge in [0.05, 0.1) is 13.2 Å². The van der Waals surface area contributed by atoms with Crippen LogP contribution in [0.2, 0.25) is 0 Å². The third kappa shape index (κ3) is 7.86. The number of fused-ring (bicyclic) bond motifs is 1. The average Bonchev–Trinajstić information content (AvgIpc) is 3.68. The molecular formula is C35H42FN3O8. The molecule has 3 atom stereocenters. The van der Waals surface area contributed by atoms with Crippen molar-refractivity contribution in [3.05, 3.63) is 59.9 Å². The molecule has 1 saturated carbocycles. The SMILES string of the molecule is COc1ccc([C@@H]2CCN(C(=O)[C@H]3CC[C@H](C(CF)NC(=O)OC(C)(C)C)CC3)[C@@H]2C(=O)Nc2ccc3oc(C(=O)O)cc3c2)cc1. The predicted molar refractivity (Wildman–Crippen MR) is 172 cm³/mol. The molecule has 0 radical (unpaired) electrons. The predicted octanol–water partition coefficient (Wildman–Crippen LogP) is 6.13. The number of halogens is 1. The Morgan fingerprint density at radius 1 is 1.02 bits per heavy atom. The summed E-state index contributed by atoms with van der Waals surface area (Å²) in [7, 11) is 1.58. The Morgan fingerprint density at radius 2 is 1.72 bits per heavy atom. The van der Waals surface area contributed by atoms with E-state index in [2.05, 4.69) is 10.6 Å². The van der Waals surface area contributed by atoms with Crippen molar-refractivity contribution in [2.24, 2.45) is 11.8 Å². The fraction of sp³-hybridized carbons (Fsp3) is 0.486. The van der Waals surface area contributed by atoms with Gasteiger partial charge in [0.25, 0.3) is 0 Å². The first-order valence-electron chi connectivity index (χ1n) is 15.9. The number of likely N-dealkylation sites (tertiary alicyclic amines) is 1. The number of hydrogen-bond donors (Lipinski definition) is 3. The Kier molecular flexibility index (Phi) is 10.1. The zero-order valence-corrected chi connectivity index (χ0v) is 27.1. The van der Waals surface area contributed by atoms with E-state index in [4.69, 9.17) is 13.9 Å². The lowest BCUT2D eigenvalue weighted by atomic mass is 9.78.